The lowest BCUT2D eigenvalue weighted by Crippen LogP contribution is -2.45. The zero-order valence-electron chi connectivity index (χ0n) is 18.5. The molecular weight excluding hydrogens is 430 g/mol. The van der Waals surface area contributed by atoms with Crippen LogP contribution in [0, 0.1) is 0 Å². The Morgan fingerprint density at radius 1 is 1.03 bits per heavy atom. The number of sulfonamides is 1. The summed E-state index contributed by atoms with van der Waals surface area (Å²) in [7, 11) is -0.831. The molecule has 1 aliphatic heterocycles. The van der Waals surface area contributed by atoms with Crippen molar-refractivity contribution in [1.82, 2.24) is 14.9 Å². The van der Waals surface area contributed by atoms with E-state index in [0.717, 1.165) is 32.5 Å². The molecule has 3 rings (SSSR count). The second-order valence-corrected chi connectivity index (χ2v) is 9.54. The second kappa shape index (κ2) is 11.3. The normalized spacial score (nSPS) is 15.3. The van der Waals surface area contributed by atoms with Crippen LogP contribution in [0.3, 0.4) is 0 Å². The van der Waals surface area contributed by atoms with E-state index in [1.165, 1.54) is 38.0 Å². The van der Waals surface area contributed by atoms with Crippen LogP contribution in [-0.4, -0.2) is 59.1 Å². The monoisotopic (exact) mass is 461 g/mol. The Morgan fingerprint density at radius 3 is 2.38 bits per heavy atom. The fourth-order valence-corrected chi connectivity index (χ4v) is 4.79. The minimum Gasteiger partial charge on any atom is -0.493 e. The van der Waals surface area contributed by atoms with E-state index >= 15 is 0 Å². The molecule has 1 amide bonds. The quantitative estimate of drug-likeness (QED) is 0.563. The first-order valence-electron chi connectivity index (χ1n) is 10.7. The Labute approximate surface area is 190 Å². The molecule has 1 fully saturated rings. The smallest absolute Gasteiger partial charge is 0.240 e. The summed E-state index contributed by atoms with van der Waals surface area (Å²) in [6.45, 7) is 2.78. The van der Waals surface area contributed by atoms with Crippen LogP contribution >= 0.6 is 0 Å². The summed E-state index contributed by atoms with van der Waals surface area (Å²) in [5.74, 6) is 0.619. The van der Waals surface area contributed by atoms with E-state index in [9.17, 15) is 13.2 Å². The van der Waals surface area contributed by atoms with Crippen LogP contribution in [0.2, 0.25) is 0 Å². The third-order valence-electron chi connectivity index (χ3n) is 5.51. The largest absolute Gasteiger partial charge is 0.493 e. The average Bonchev–Trinajstić information content (AvgIpc) is 2.80. The van der Waals surface area contributed by atoms with E-state index in [0.29, 0.717) is 11.5 Å². The van der Waals surface area contributed by atoms with E-state index < -0.39 is 10.0 Å². The van der Waals surface area contributed by atoms with Gasteiger partial charge in [0.15, 0.2) is 11.5 Å². The van der Waals surface area contributed by atoms with Crippen LogP contribution in [0.5, 0.6) is 11.5 Å². The molecule has 32 heavy (non-hydrogen) atoms. The van der Waals surface area contributed by atoms with E-state index in [1.807, 2.05) is 18.2 Å². The van der Waals surface area contributed by atoms with Gasteiger partial charge in [-0.2, -0.15) is 0 Å². The number of carbonyl (C=O) groups excluding carboxylic acids is 1. The van der Waals surface area contributed by atoms with Crippen molar-refractivity contribution in [2.24, 2.45) is 0 Å². The summed E-state index contributed by atoms with van der Waals surface area (Å²) in [6, 6.07) is 14.8. The Kier molecular flexibility index (Phi) is 8.49. The molecule has 2 aromatic carbocycles. The zero-order valence-corrected chi connectivity index (χ0v) is 19.4. The number of rotatable bonds is 10. The first-order chi connectivity index (χ1) is 15.4. The molecule has 0 saturated carbocycles. The maximum atomic E-state index is 12.5. The van der Waals surface area contributed by atoms with Crippen molar-refractivity contribution in [3.8, 4) is 11.5 Å². The lowest BCUT2D eigenvalue weighted by molar-refractivity contribution is -0.121. The Balaban J connectivity index is 1.40. The van der Waals surface area contributed by atoms with Gasteiger partial charge in [0.2, 0.25) is 15.9 Å². The van der Waals surface area contributed by atoms with Crippen molar-refractivity contribution in [3.05, 3.63) is 54.1 Å². The number of amides is 1. The molecule has 2 aromatic rings. The molecule has 0 radical (unpaired) electrons. The molecule has 0 spiro atoms. The molecule has 8 nitrogen and oxygen atoms in total. The number of nitrogens with zero attached hydrogens (tertiary/aromatic N) is 1. The Bertz CT molecular complexity index is 990. The molecule has 0 atom stereocenters. The van der Waals surface area contributed by atoms with E-state index in [1.54, 1.807) is 0 Å². The molecular formula is C23H31N3O5S. The van der Waals surface area contributed by atoms with Crippen molar-refractivity contribution in [3.63, 3.8) is 0 Å². The number of hydrogen-bond acceptors (Lipinski definition) is 6. The number of likely N-dealkylation sites (tertiary alicyclic amines) is 1. The van der Waals surface area contributed by atoms with Crippen LogP contribution < -0.4 is 19.5 Å². The maximum Gasteiger partial charge on any atom is 0.240 e. The Morgan fingerprint density at radius 2 is 1.72 bits per heavy atom. The first-order valence-corrected chi connectivity index (χ1v) is 12.2. The highest BCUT2D eigenvalue weighted by atomic mass is 32.2. The molecule has 2 N–H and O–H groups in total. The number of hydrogen-bond donors (Lipinski definition) is 2. The van der Waals surface area contributed by atoms with Crippen LogP contribution in [0.4, 0.5) is 0 Å². The SMILES string of the molecule is COc1ccc(S(=O)(=O)NCCC(=O)NC2CCN(Cc3ccccc3)CC2)cc1OC. The number of piperidine rings is 1. The molecule has 0 unspecified atom stereocenters. The lowest BCUT2D eigenvalue weighted by Gasteiger charge is -2.32. The van der Waals surface area contributed by atoms with Gasteiger partial charge >= 0.3 is 0 Å². The van der Waals surface area contributed by atoms with Crippen molar-refractivity contribution in [1.29, 1.82) is 0 Å². The molecule has 0 bridgehead atoms. The summed E-state index contributed by atoms with van der Waals surface area (Å²) < 4.78 is 37.8. The van der Waals surface area contributed by atoms with Gasteiger partial charge in [-0.05, 0) is 30.5 Å². The van der Waals surface area contributed by atoms with E-state index in [4.69, 9.17) is 9.47 Å². The van der Waals surface area contributed by atoms with Crippen LogP contribution in [-0.2, 0) is 21.4 Å². The number of benzene rings is 2. The van der Waals surface area contributed by atoms with E-state index in [2.05, 4.69) is 27.1 Å². The summed E-state index contributed by atoms with van der Waals surface area (Å²) in [6.07, 6.45) is 1.85. The number of methoxy groups -OCH3 is 2. The molecule has 174 valence electrons. The minimum atomic E-state index is -3.76. The third kappa shape index (κ3) is 6.69. The van der Waals surface area contributed by atoms with E-state index in [-0.39, 0.29) is 29.8 Å². The topological polar surface area (TPSA) is 97.0 Å². The van der Waals surface area contributed by atoms with Crippen molar-refractivity contribution in [2.45, 2.75) is 36.7 Å². The summed E-state index contributed by atoms with van der Waals surface area (Å²) >= 11 is 0. The summed E-state index contributed by atoms with van der Waals surface area (Å²) in [4.78, 5) is 14.7. The van der Waals surface area contributed by atoms with Crippen LogP contribution in [0.1, 0.15) is 24.8 Å². The fraction of sp³-hybridized carbons (Fsp3) is 0.435. The minimum absolute atomic E-state index is 0.0232. The van der Waals surface area contributed by atoms with Crippen molar-refractivity contribution < 1.29 is 22.7 Å². The Hall–Kier alpha value is -2.62. The lowest BCUT2D eigenvalue weighted by atomic mass is 10.0. The molecule has 0 aliphatic carbocycles. The van der Waals surface area contributed by atoms with Gasteiger partial charge in [0.25, 0.3) is 0 Å². The standard InChI is InChI=1S/C23H31N3O5S/c1-30-21-9-8-20(16-22(21)31-2)32(28,29)24-13-10-23(27)25-19-11-14-26(15-12-19)17-18-6-4-3-5-7-18/h3-9,16,19,24H,10-15,17H2,1-2H3,(H,25,27). The predicted octanol–water partition coefficient (Wildman–Crippen LogP) is 2.15. The third-order valence-corrected chi connectivity index (χ3v) is 6.97. The average molecular weight is 462 g/mol. The highest BCUT2D eigenvalue weighted by Crippen LogP contribution is 2.29. The highest BCUT2D eigenvalue weighted by Gasteiger charge is 2.21. The van der Waals surface area contributed by atoms with Crippen LogP contribution in [0.15, 0.2) is 53.4 Å². The van der Waals surface area contributed by atoms with Gasteiger partial charge in [-0.25, -0.2) is 13.1 Å². The predicted molar refractivity (Wildman–Crippen MR) is 122 cm³/mol. The highest BCUT2D eigenvalue weighted by molar-refractivity contribution is 7.89. The van der Waals surface area contributed by atoms with Crippen molar-refractivity contribution >= 4 is 15.9 Å². The zero-order chi connectivity index (χ0) is 23.0. The summed E-state index contributed by atoms with van der Waals surface area (Å²) in [5, 5.41) is 3.03. The van der Waals surface area contributed by atoms with Gasteiger partial charge in [-0.15, -0.1) is 0 Å². The van der Waals surface area contributed by atoms with Gasteiger partial charge in [-0.1, -0.05) is 30.3 Å². The maximum absolute atomic E-state index is 12.5. The first kappa shape index (κ1) is 24.0. The van der Waals surface area contributed by atoms with Gasteiger partial charge in [0.1, 0.15) is 0 Å². The molecule has 1 aliphatic rings. The second-order valence-electron chi connectivity index (χ2n) is 7.77. The molecule has 0 aromatic heterocycles. The van der Waals surface area contributed by atoms with Gasteiger partial charge < -0.3 is 14.8 Å². The van der Waals surface area contributed by atoms with Gasteiger partial charge in [0, 0.05) is 44.7 Å². The van der Waals surface area contributed by atoms with Crippen molar-refractivity contribution in [2.75, 3.05) is 33.9 Å². The number of carbonyl (C=O) groups is 1. The van der Waals surface area contributed by atoms with Gasteiger partial charge in [0.05, 0.1) is 19.1 Å². The number of nitrogens with one attached hydrogen (secondary N) is 2. The molecule has 1 heterocycles. The fourth-order valence-electron chi connectivity index (χ4n) is 3.74. The van der Waals surface area contributed by atoms with Gasteiger partial charge in [-0.3, -0.25) is 9.69 Å². The number of ether oxygens (including phenoxy) is 2. The van der Waals surface area contributed by atoms with Crippen LogP contribution in [0.25, 0.3) is 0 Å². The molecule has 1 saturated heterocycles. The summed E-state index contributed by atoms with van der Waals surface area (Å²) in [5.41, 5.74) is 1.29. The molecule has 9 heteroatoms.